The minimum atomic E-state index is 0.319. The molecule has 1 aliphatic rings. The van der Waals surface area contributed by atoms with Crippen molar-refractivity contribution in [1.29, 1.82) is 0 Å². The van der Waals surface area contributed by atoms with Crippen LogP contribution >= 0.6 is 0 Å². The fourth-order valence-electron chi connectivity index (χ4n) is 6.66. The lowest BCUT2D eigenvalue weighted by molar-refractivity contribution is 0.637. The van der Waals surface area contributed by atoms with Gasteiger partial charge in [0.05, 0.1) is 22.1 Å². The van der Waals surface area contributed by atoms with E-state index in [9.17, 15) is 0 Å². The molecular formula is C39H32N4. The van der Waals surface area contributed by atoms with Gasteiger partial charge in [-0.2, -0.15) is 0 Å². The summed E-state index contributed by atoms with van der Waals surface area (Å²) in [6.07, 6.45) is 6.97. The molecule has 2 aromatic heterocycles. The average Bonchev–Trinajstić information content (AvgIpc) is 3.57. The fraction of sp³-hybridized carbons (Fsp3) is 0.128. The molecule has 0 saturated carbocycles. The number of aryl methyl sites for hydroxylation is 2. The van der Waals surface area contributed by atoms with E-state index in [1.807, 2.05) is 12.1 Å². The SMILES string of the molecule is CC1C=C(c2nc3ccccc3n2C)C=CC1c1ccc2ccc(-c3ccc(-c4nc5ccccc5n4C)cc3)cc2c1. The normalized spacial score (nSPS) is 16.8. The Balaban J connectivity index is 1.07. The van der Waals surface area contributed by atoms with Crippen molar-refractivity contribution in [3.63, 3.8) is 0 Å². The zero-order valence-electron chi connectivity index (χ0n) is 24.6. The maximum atomic E-state index is 4.92. The molecule has 0 saturated heterocycles. The molecule has 0 bridgehead atoms. The maximum Gasteiger partial charge on any atom is 0.140 e. The largest absolute Gasteiger partial charge is 0.327 e. The Morgan fingerprint density at radius 1 is 0.581 bits per heavy atom. The number of fused-ring (bicyclic) bond motifs is 3. The lowest BCUT2D eigenvalue weighted by Gasteiger charge is -2.24. The Kier molecular flexibility index (Phi) is 5.90. The van der Waals surface area contributed by atoms with Crippen LogP contribution in [0.4, 0.5) is 0 Å². The second kappa shape index (κ2) is 9.95. The highest BCUT2D eigenvalue weighted by Gasteiger charge is 2.22. The van der Waals surface area contributed by atoms with Gasteiger partial charge in [-0.05, 0) is 63.7 Å². The van der Waals surface area contributed by atoms with Crippen molar-refractivity contribution in [2.24, 2.45) is 20.0 Å². The van der Waals surface area contributed by atoms with Crippen molar-refractivity contribution in [3.05, 3.63) is 139 Å². The smallest absolute Gasteiger partial charge is 0.140 e. The summed E-state index contributed by atoms with van der Waals surface area (Å²) in [5, 5.41) is 2.52. The molecule has 208 valence electrons. The molecule has 0 aliphatic heterocycles. The first-order chi connectivity index (χ1) is 21.0. The number of rotatable bonds is 4. The van der Waals surface area contributed by atoms with E-state index in [1.54, 1.807) is 0 Å². The molecule has 2 heterocycles. The lowest BCUT2D eigenvalue weighted by atomic mass is 9.81. The van der Waals surface area contributed by atoms with Crippen LogP contribution in [0.5, 0.6) is 0 Å². The fourth-order valence-corrected chi connectivity index (χ4v) is 6.66. The van der Waals surface area contributed by atoms with Crippen LogP contribution in [0, 0.1) is 5.92 Å². The molecule has 2 atom stereocenters. The minimum absolute atomic E-state index is 0.319. The Bertz CT molecular complexity index is 2230. The molecule has 8 rings (SSSR count). The van der Waals surface area contributed by atoms with Crippen LogP contribution in [0.25, 0.3) is 60.9 Å². The van der Waals surface area contributed by atoms with Gasteiger partial charge in [-0.25, -0.2) is 9.97 Å². The third-order valence-corrected chi connectivity index (χ3v) is 9.05. The summed E-state index contributed by atoms with van der Waals surface area (Å²) in [6.45, 7) is 2.31. The number of benzene rings is 5. The molecule has 4 nitrogen and oxygen atoms in total. The van der Waals surface area contributed by atoms with Crippen LogP contribution in [0.3, 0.4) is 0 Å². The first-order valence-corrected chi connectivity index (χ1v) is 14.9. The Hall–Kier alpha value is -5.22. The van der Waals surface area contributed by atoms with Crippen LogP contribution in [0.15, 0.2) is 127 Å². The predicted molar refractivity (Wildman–Crippen MR) is 179 cm³/mol. The monoisotopic (exact) mass is 556 g/mol. The van der Waals surface area contributed by atoms with Gasteiger partial charge in [0, 0.05) is 31.1 Å². The summed E-state index contributed by atoms with van der Waals surface area (Å²) in [5.41, 5.74) is 10.4. The van der Waals surface area contributed by atoms with Gasteiger partial charge in [0.2, 0.25) is 0 Å². The molecule has 0 spiro atoms. The van der Waals surface area contributed by atoms with Gasteiger partial charge in [-0.15, -0.1) is 0 Å². The highest BCUT2D eigenvalue weighted by Crippen LogP contribution is 2.37. The van der Waals surface area contributed by atoms with E-state index in [4.69, 9.17) is 9.97 Å². The van der Waals surface area contributed by atoms with E-state index in [-0.39, 0.29) is 0 Å². The van der Waals surface area contributed by atoms with E-state index < -0.39 is 0 Å². The zero-order chi connectivity index (χ0) is 29.1. The van der Waals surface area contributed by atoms with Gasteiger partial charge in [-0.3, -0.25) is 0 Å². The molecular weight excluding hydrogens is 524 g/mol. The molecule has 5 aromatic carbocycles. The van der Waals surface area contributed by atoms with E-state index in [2.05, 4.69) is 145 Å². The summed E-state index contributed by atoms with van der Waals surface area (Å²) in [6, 6.07) is 39.1. The van der Waals surface area contributed by atoms with Gasteiger partial charge in [-0.1, -0.05) is 104 Å². The highest BCUT2D eigenvalue weighted by atomic mass is 15.1. The highest BCUT2D eigenvalue weighted by molar-refractivity contribution is 5.89. The number of para-hydroxylation sites is 4. The van der Waals surface area contributed by atoms with E-state index in [0.717, 1.165) is 39.3 Å². The van der Waals surface area contributed by atoms with Crippen LogP contribution in [0.1, 0.15) is 24.2 Å². The van der Waals surface area contributed by atoms with Crippen molar-refractivity contribution >= 4 is 38.4 Å². The Morgan fingerprint density at radius 3 is 1.88 bits per heavy atom. The molecule has 0 amide bonds. The number of hydrogen-bond acceptors (Lipinski definition) is 2. The van der Waals surface area contributed by atoms with E-state index >= 15 is 0 Å². The van der Waals surface area contributed by atoms with Crippen molar-refractivity contribution in [2.45, 2.75) is 12.8 Å². The van der Waals surface area contributed by atoms with Crippen LogP contribution < -0.4 is 0 Å². The number of aromatic nitrogens is 4. The summed E-state index contributed by atoms with van der Waals surface area (Å²) < 4.78 is 4.36. The first kappa shape index (κ1) is 25.5. The zero-order valence-corrected chi connectivity index (χ0v) is 24.6. The topological polar surface area (TPSA) is 35.6 Å². The molecule has 0 N–H and O–H groups in total. The van der Waals surface area contributed by atoms with Gasteiger partial charge < -0.3 is 9.13 Å². The summed E-state index contributed by atoms with van der Waals surface area (Å²) in [5.74, 6) is 2.68. The van der Waals surface area contributed by atoms with Gasteiger partial charge in [0.1, 0.15) is 11.6 Å². The van der Waals surface area contributed by atoms with Crippen LogP contribution in [0.2, 0.25) is 0 Å². The second-order valence-corrected chi connectivity index (χ2v) is 11.7. The molecule has 1 aliphatic carbocycles. The Labute approximate surface area is 251 Å². The second-order valence-electron chi connectivity index (χ2n) is 11.7. The molecule has 0 fully saturated rings. The standard InChI is InChI=1S/C39H32N4/c1-25-22-31(39-41-35-9-5-7-11-37(35)43(39)3)20-21-33(25)30-19-15-27-14-18-29(23-32(27)24-30)26-12-16-28(17-13-26)38-40-34-8-4-6-10-36(34)42(38)2/h4-25,33H,1-3H3. The van der Waals surface area contributed by atoms with Gasteiger partial charge in [0.25, 0.3) is 0 Å². The lowest BCUT2D eigenvalue weighted by Crippen LogP contribution is -2.10. The van der Waals surface area contributed by atoms with Crippen molar-refractivity contribution in [3.8, 4) is 22.5 Å². The third-order valence-electron chi connectivity index (χ3n) is 9.05. The minimum Gasteiger partial charge on any atom is -0.327 e. The average molecular weight is 557 g/mol. The molecule has 0 radical (unpaired) electrons. The van der Waals surface area contributed by atoms with Gasteiger partial charge in [0.15, 0.2) is 0 Å². The summed E-state index contributed by atoms with van der Waals surface area (Å²) in [4.78, 5) is 9.79. The quantitative estimate of drug-likeness (QED) is 0.217. The van der Waals surface area contributed by atoms with Crippen molar-refractivity contribution in [1.82, 2.24) is 19.1 Å². The van der Waals surface area contributed by atoms with Crippen molar-refractivity contribution in [2.75, 3.05) is 0 Å². The first-order valence-electron chi connectivity index (χ1n) is 14.9. The Morgan fingerprint density at radius 2 is 1.19 bits per heavy atom. The van der Waals surface area contributed by atoms with Crippen LogP contribution in [-0.4, -0.2) is 19.1 Å². The summed E-state index contributed by atoms with van der Waals surface area (Å²) >= 11 is 0. The predicted octanol–water partition coefficient (Wildman–Crippen LogP) is 9.32. The molecule has 2 unspecified atom stereocenters. The molecule has 43 heavy (non-hydrogen) atoms. The number of hydrogen-bond donors (Lipinski definition) is 0. The maximum absolute atomic E-state index is 4.92. The van der Waals surface area contributed by atoms with Crippen molar-refractivity contribution < 1.29 is 0 Å². The van der Waals surface area contributed by atoms with E-state index in [0.29, 0.717) is 11.8 Å². The molecule has 7 aromatic rings. The number of imidazole rings is 2. The van der Waals surface area contributed by atoms with Crippen LogP contribution in [-0.2, 0) is 14.1 Å². The van der Waals surface area contributed by atoms with E-state index in [1.165, 1.54) is 33.0 Å². The molecule has 4 heteroatoms. The number of allylic oxidation sites excluding steroid dienone is 4. The third kappa shape index (κ3) is 4.29. The number of nitrogens with zero attached hydrogens (tertiary/aromatic N) is 4. The summed E-state index contributed by atoms with van der Waals surface area (Å²) in [7, 11) is 4.18. The van der Waals surface area contributed by atoms with Gasteiger partial charge >= 0.3 is 0 Å².